The van der Waals surface area contributed by atoms with E-state index in [1.54, 1.807) is 47.5 Å². The van der Waals surface area contributed by atoms with Crippen LogP contribution in [0.15, 0.2) is 59.1 Å². The first-order valence-electron chi connectivity index (χ1n) is 10.8. The molecule has 0 radical (unpaired) electrons. The summed E-state index contributed by atoms with van der Waals surface area (Å²) in [7, 11) is 0. The average molecular weight is 444 g/mol. The second-order valence-corrected chi connectivity index (χ2v) is 7.94. The minimum Gasteiger partial charge on any atom is -0.484 e. The molecule has 0 atom stereocenters. The second-order valence-electron chi connectivity index (χ2n) is 7.94. The lowest BCUT2D eigenvalue weighted by atomic mass is 9.95. The number of carbonyl (C=O) groups is 2. The summed E-state index contributed by atoms with van der Waals surface area (Å²) in [6.07, 6.45) is 2.81. The molecule has 1 saturated heterocycles. The Bertz CT molecular complexity index is 1190. The molecule has 1 aliphatic heterocycles. The number of benzene rings is 1. The standard InChI is InChI=1S/C25H24N4O4/c1-17-8-11-27-23(14-17)28-24(30)18-9-12-29(13-10-18)25(31)22-7-6-20(33-22)16-32-21-5-3-2-4-19(21)15-26/h2-8,11,14,18H,9-10,12-13,16H2,1H3,(H,27,28,30). The number of amides is 2. The largest absolute Gasteiger partial charge is 0.484 e. The van der Waals surface area contributed by atoms with E-state index in [9.17, 15) is 9.59 Å². The lowest BCUT2D eigenvalue weighted by Gasteiger charge is -2.30. The Morgan fingerprint density at radius 2 is 2.00 bits per heavy atom. The molecule has 8 nitrogen and oxygen atoms in total. The maximum atomic E-state index is 12.8. The van der Waals surface area contributed by atoms with Gasteiger partial charge in [-0.05, 0) is 61.7 Å². The number of nitrogens with one attached hydrogen (secondary N) is 1. The van der Waals surface area contributed by atoms with Gasteiger partial charge in [0.15, 0.2) is 5.76 Å². The van der Waals surface area contributed by atoms with Crippen LogP contribution in [0, 0.1) is 24.2 Å². The summed E-state index contributed by atoms with van der Waals surface area (Å²) < 4.78 is 11.3. The first kappa shape index (κ1) is 22.1. The SMILES string of the molecule is Cc1ccnc(NC(=O)C2CCN(C(=O)c3ccc(COc4ccccc4C#N)o3)CC2)c1. The van der Waals surface area contributed by atoms with Crippen molar-refractivity contribution in [2.75, 3.05) is 18.4 Å². The van der Waals surface area contributed by atoms with Crippen LogP contribution < -0.4 is 10.1 Å². The number of nitrogens with zero attached hydrogens (tertiary/aromatic N) is 3. The highest BCUT2D eigenvalue weighted by molar-refractivity contribution is 5.93. The van der Waals surface area contributed by atoms with Crippen molar-refractivity contribution in [1.29, 1.82) is 5.26 Å². The van der Waals surface area contributed by atoms with Gasteiger partial charge in [-0.1, -0.05) is 12.1 Å². The smallest absolute Gasteiger partial charge is 0.289 e. The molecule has 2 amide bonds. The van der Waals surface area contributed by atoms with Crippen molar-refractivity contribution in [3.05, 3.63) is 77.4 Å². The van der Waals surface area contributed by atoms with Crippen LogP contribution in [-0.2, 0) is 11.4 Å². The van der Waals surface area contributed by atoms with Gasteiger partial charge in [0, 0.05) is 25.2 Å². The number of piperidine rings is 1. The van der Waals surface area contributed by atoms with Crippen LogP contribution in [0.5, 0.6) is 5.75 Å². The van der Waals surface area contributed by atoms with Crippen LogP contribution >= 0.6 is 0 Å². The normalized spacial score (nSPS) is 13.9. The molecular weight excluding hydrogens is 420 g/mol. The number of ether oxygens (including phenoxy) is 1. The summed E-state index contributed by atoms with van der Waals surface area (Å²) in [6.45, 7) is 3.00. The van der Waals surface area contributed by atoms with Gasteiger partial charge in [-0.15, -0.1) is 0 Å². The van der Waals surface area contributed by atoms with E-state index >= 15 is 0 Å². The number of carbonyl (C=O) groups excluding carboxylic acids is 2. The number of likely N-dealkylation sites (tertiary alicyclic amines) is 1. The van der Waals surface area contributed by atoms with Crippen molar-refractivity contribution in [2.45, 2.75) is 26.4 Å². The fourth-order valence-electron chi connectivity index (χ4n) is 3.74. The first-order chi connectivity index (χ1) is 16.0. The quantitative estimate of drug-likeness (QED) is 0.617. The van der Waals surface area contributed by atoms with Crippen LogP contribution in [0.1, 0.15) is 40.3 Å². The predicted molar refractivity (Wildman–Crippen MR) is 120 cm³/mol. The van der Waals surface area contributed by atoms with E-state index in [1.165, 1.54) is 0 Å². The summed E-state index contributed by atoms with van der Waals surface area (Å²) in [5.41, 5.74) is 1.46. The molecule has 2 aromatic heterocycles. The molecule has 33 heavy (non-hydrogen) atoms. The monoisotopic (exact) mass is 444 g/mol. The van der Waals surface area contributed by atoms with Gasteiger partial charge in [-0.3, -0.25) is 9.59 Å². The van der Waals surface area contributed by atoms with E-state index < -0.39 is 0 Å². The average Bonchev–Trinajstić information content (AvgIpc) is 3.31. The molecule has 0 unspecified atom stereocenters. The summed E-state index contributed by atoms with van der Waals surface area (Å²) in [5.74, 6) is 1.28. The van der Waals surface area contributed by atoms with Crippen molar-refractivity contribution < 1.29 is 18.7 Å². The Labute approximate surface area is 191 Å². The van der Waals surface area contributed by atoms with E-state index in [0.29, 0.717) is 48.8 Å². The Morgan fingerprint density at radius 1 is 1.21 bits per heavy atom. The van der Waals surface area contributed by atoms with E-state index in [1.807, 2.05) is 19.1 Å². The highest BCUT2D eigenvalue weighted by atomic mass is 16.5. The van der Waals surface area contributed by atoms with Crippen molar-refractivity contribution >= 4 is 17.6 Å². The van der Waals surface area contributed by atoms with E-state index in [0.717, 1.165) is 5.56 Å². The molecule has 1 fully saturated rings. The Kier molecular flexibility index (Phi) is 6.69. The number of hydrogen-bond donors (Lipinski definition) is 1. The van der Waals surface area contributed by atoms with E-state index in [-0.39, 0.29) is 30.1 Å². The van der Waals surface area contributed by atoms with Crippen molar-refractivity contribution in [2.24, 2.45) is 5.92 Å². The number of aromatic nitrogens is 1. The zero-order valence-electron chi connectivity index (χ0n) is 18.3. The van der Waals surface area contributed by atoms with E-state index in [2.05, 4.69) is 16.4 Å². The van der Waals surface area contributed by atoms with Gasteiger partial charge in [0.2, 0.25) is 5.91 Å². The number of aryl methyl sites for hydroxylation is 1. The number of hydrogen-bond acceptors (Lipinski definition) is 6. The third-order valence-corrected chi connectivity index (χ3v) is 5.57. The van der Waals surface area contributed by atoms with Gasteiger partial charge in [-0.2, -0.15) is 5.26 Å². The van der Waals surface area contributed by atoms with Gasteiger partial charge >= 0.3 is 0 Å². The second kappa shape index (κ2) is 10.0. The molecule has 1 aromatic carbocycles. The molecule has 3 heterocycles. The minimum absolute atomic E-state index is 0.0738. The molecule has 1 aliphatic rings. The molecule has 4 rings (SSSR count). The zero-order valence-corrected chi connectivity index (χ0v) is 18.3. The number of anilines is 1. The Balaban J connectivity index is 1.29. The molecular formula is C25H24N4O4. The molecule has 0 aliphatic carbocycles. The van der Waals surface area contributed by atoms with Crippen LogP contribution in [0.25, 0.3) is 0 Å². The molecule has 0 spiro atoms. The molecule has 8 heteroatoms. The number of furan rings is 1. The third kappa shape index (κ3) is 5.39. The summed E-state index contributed by atoms with van der Waals surface area (Å²) in [4.78, 5) is 31.3. The minimum atomic E-state index is -0.210. The molecule has 1 N–H and O–H groups in total. The lowest BCUT2D eigenvalue weighted by Crippen LogP contribution is -2.41. The predicted octanol–water partition coefficient (Wildman–Crippen LogP) is 3.92. The molecule has 168 valence electrons. The maximum absolute atomic E-state index is 12.8. The van der Waals surface area contributed by atoms with Crippen LogP contribution in [0.2, 0.25) is 0 Å². The Morgan fingerprint density at radius 3 is 2.76 bits per heavy atom. The highest BCUT2D eigenvalue weighted by Gasteiger charge is 2.29. The zero-order chi connectivity index (χ0) is 23.2. The maximum Gasteiger partial charge on any atom is 0.289 e. The first-order valence-corrected chi connectivity index (χ1v) is 10.8. The van der Waals surface area contributed by atoms with Gasteiger partial charge < -0.3 is 19.4 Å². The molecule has 3 aromatic rings. The van der Waals surface area contributed by atoms with Crippen molar-refractivity contribution in [3.8, 4) is 11.8 Å². The van der Waals surface area contributed by atoms with Gasteiger partial charge in [0.25, 0.3) is 5.91 Å². The number of nitriles is 1. The molecule has 0 bridgehead atoms. The lowest BCUT2D eigenvalue weighted by molar-refractivity contribution is -0.121. The van der Waals surface area contributed by atoms with Crippen LogP contribution in [0.3, 0.4) is 0 Å². The summed E-state index contributed by atoms with van der Waals surface area (Å²) >= 11 is 0. The van der Waals surface area contributed by atoms with Crippen molar-refractivity contribution in [3.63, 3.8) is 0 Å². The number of para-hydroxylation sites is 1. The van der Waals surface area contributed by atoms with Gasteiger partial charge in [0.1, 0.15) is 30.0 Å². The van der Waals surface area contributed by atoms with Gasteiger partial charge in [-0.25, -0.2) is 4.98 Å². The number of rotatable bonds is 6. The highest BCUT2D eigenvalue weighted by Crippen LogP contribution is 2.23. The topological polar surface area (TPSA) is 108 Å². The third-order valence-electron chi connectivity index (χ3n) is 5.57. The summed E-state index contributed by atoms with van der Waals surface area (Å²) in [6, 6.07) is 16.0. The summed E-state index contributed by atoms with van der Waals surface area (Å²) in [5, 5.41) is 12.0. The fraction of sp³-hybridized carbons (Fsp3) is 0.280. The van der Waals surface area contributed by atoms with Crippen molar-refractivity contribution in [1.82, 2.24) is 9.88 Å². The Hall–Kier alpha value is -4.12. The van der Waals surface area contributed by atoms with Gasteiger partial charge in [0.05, 0.1) is 5.56 Å². The van der Waals surface area contributed by atoms with E-state index in [4.69, 9.17) is 14.4 Å². The molecule has 0 saturated carbocycles. The van der Waals surface area contributed by atoms with Crippen LogP contribution in [-0.4, -0.2) is 34.8 Å². The number of pyridine rings is 1. The van der Waals surface area contributed by atoms with Crippen LogP contribution in [0.4, 0.5) is 5.82 Å². The fourth-order valence-corrected chi connectivity index (χ4v) is 3.74.